The van der Waals surface area contributed by atoms with Crippen LogP contribution in [0.25, 0.3) is 0 Å². The predicted octanol–water partition coefficient (Wildman–Crippen LogP) is -0.598. The van der Waals surface area contributed by atoms with E-state index in [4.69, 9.17) is 22.4 Å². The summed E-state index contributed by atoms with van der Waals surface area (Å²) in [5.74, 6) is 5.63. The molecule has 6 nitrogen and oxygen atoms in total. The Morgan fingerprint density at radius 1 is 1.50 bits per heavy atom. The summed E-state index contributed by atoms with van der Waals surface area (Å²) in [5, 5.41) is 13.6. The van der Waals surface area contributed by atoms with Gasteiger partial charge in [-0.15, -0.1) is 5.10 Å². The molecule has 0 aliphatic rings. The van der Waals surface area contributed by atoms with Crippen LogP contribution >= 0.6 is 0 Å². The minimum atomic E-state index is -0.104. The molecule has 0 amide bonds. The maximum absolute atomic E-state index is 8.65. The van der Waals surface area contributed by atoms with Crippen molar-refractivity contribution >= 4 is 5.84 Å². The predicted molar refractivity (Wildman–Crippen MR) is 65.8 cm³/mol. The van der Waals surface area contributed by atoms with Crippen LogP contribution in [0.3, 0.4) is 0 Å². The van der Waals surface area contributed by atoms with Gasteiger partial charge in [-0.1, -0.05) is 18.7 Å². The highest BCUT2D eigenvalue weighted by molar-refractivity contribution is 6.00. The molecule has 0 saturated carbocycles. The zero-order chi connectivity index (χ0) is 12.6. The van der Waals surface area contributed by atoms with Gasteiger partial charge in [0, 0.05) is 11.3 Å². The van der Waals surface area contributed by atoms with Crippen LogP contribution in [0, 0.1) is 0 Å². The Kier molecular flexibility index (Phi) is 6.66. The van der Waals surface area contributed by atoms with Crippen molar-refractivity contribution < 1.29 is 5.11 Å². The molecule has 0 saturated heterocycles. The molecule has 0 aromatic heterocycles. The lowest BCUT2D eigenvalue weighted by atomic mass is 10.1. The molecule has 0 heterocycles. The van der Waals surface area contributed by atoms with E-state index in [0.29, 0.717) is 11.3 Å². The standard InChI is InChI=1S/C10H19N5O/c1-3-5-8(9(11)4-2)10(12)14-15(13)6-7-16/h3-5,16H,2,6-7,11,13H2,1H3,(H2,12,14)/b5-3-,9-8-. The molecular weight excluding hydrogens is 206 g/mol. The van der Waals surface area contributed by atoms with Gasteiger partial charge < -0.3 is 16.6 Å². The lowest BCUT2D eigenvalue weighted by Gasteiger charge is -2.12. The topological polar surface area (TPSA) is 114 Å². The molecule has 0 atom stereocenters. The highest BCUT2D eigenvalue weighted by Gasteiger charge is 2.04. The highest BCUT2D eigenvalue weighted by atomic mass is 16.3. The lowest BCUT2D eigenvalue weighted by Crippen LogP contribution is -2.32. The third-order valence-corrected chi connectivity index (χ3v) is 1.71. The van der Waals surface area contributed by atoms with E-state index in [-0.39, 0.29) is 19.0 Å². The van der Waals surface area contributed by atoms with Gasteiger partial charge in [0.25, 0.3) is 0 Å². The number of hydrazine groups is 1. The Morgan fingerprint density at radius 2 is 2.12 bits per heavy atom. The summed E-state index contributed by atoms with van der Waals surface area (Å²) in [6.45, 7) is 5.47. The van der Waals surface area contributed by atoms with E-state index >= 15 is 0 Å². The molecule has 0 aliphatic heterocycles. The van der Waals surface area contributed by atoms with E-state index < -0.39 is 0 Å². The maximum atomic E-state index is 8.65. The van der Waals surface area contributed by atoms with Crippen LogP contribution in [0.1, 0.15) is 6.92 Å². The Labute approximate surface area is 95.4 Å². The van der Waals surface area contributed by atoms with Gasteiger partial charge in [0.15, 0.2) is 5.84 Å². The van der Waals surface area contributed by atoms with Crippen LogP contribution in [-0.4, -0.2) is 29.2 Å². The zero-order valence-corrected chi connectivity index (χ0v) is 9.43. The fourth-order valence-corrected chi connectivity index (χ4v) is 0.951. The summed E-state index contributed by atoms with van der Waals surface area (Å²) in [6, 6.07) is 0. The molecule has 0 bridgehead atoms. The summed E-state index contributed by atoms with van der Waals surface area (Å²) in [5.41, 5.74) is 12.4. The fraction of sp³-hybridized carbons (Fsp3) is 0.300. The number of aliphatic hydroxyl groups excluding tert-OH is 1. The number of nitrogens with zero attached hydrogens (tertiary/aromatic N) is 2. The second-order valence-electron chi connectivity index (χ2n) is 2.95. The van der Waals surface area contributed by atoms with Gasteiger partial charge in [0.05, 0.1) is 13.2 Å². The van der Waals surface area contributed by atoms with Gasteiger partial charge in [0.1, 0.15) is 0 Å². The Bertz CT molecular complexity index is 319. The van der Waals surface area contributed by atoms with E-state index in [0.717, 1.165) is 5.12 Å². The molecule has 7 N–H and O–H groups in total. The van der Waals surface area contributed by atoms with Crippen LogP contribution in [0.15, 0.2) is 41.2 Å². The van der Waals surface area contributed by atoms with Crippen molar-refractivity contribution in [2.75, 3.05) is 13.2 Å². The maximum Gasteiger partial charge on any atom is 0.154 e. The number of hydrazone groups is 1. The SMILES string of the molecule is C=C/C(N)=C(\C=C/C)C(/N)=N/N(N)CCO. The molecular formula is C10H19N5O. The summed E-state index contributed by atoms with van der Waals surface area (Å²) >= 11 is 0. The molecule has 6 heteroatoms. The van der Waals surface area contributed by atoms with Crippen molar-refractivity contribution in [2.45, 2.75) is 6.92 Å². The average Bonchev–Trinajstić information content (AvgIpc) is 2.24. The summed E-state index contributed by atoms with van der Waals surface area (Å²) in [6.07, 6.45) is 4.97. The minimum Gasteiger partial charge on any atom is -0.398 e. The summed E-state index contributed by atoms with van der Waals surface area (Å²) < 4.78 is 0. The Morgan fingerprint density at radius 3 is 2.56 bits per heavy atom. The second kappa shape index (κ2) is 7.49. The number of hydrogen-bond acceptors (Lipinski definition) is 5. The van der Waals surface area contributed by atoms with E-state index in [1.165, 1.54) is 6.08 Å². The first kappa shape index (κ1) is 14.2. The largest absolute Gasteiger partial charge is 0.398 e. The molecule has 0 unspecified atom stereocenters. The molecule has 0 radical (unpaired) electrons. The van der Waals surface area contributed by atoms with Gasteiger partial charge in [-0.2, -0.15) is 0 Å². The van der Waals surface area contributed by atoms with E-state index in [1.54, 1.807) is 12.2 Å². The normalized spacial score (nSPS) is 13.8. The van der Waals surface area contributed by atoms with Crippen LogP contribution in [0.5, 0.6) is 0 Å². The highest BCUT2D eigenvalue weighted by Crippen LogP contribution is 2.03. The summed E-state index contributed by atoms with van der Waals surface area (Å²) in [7, 11) is 0. The number of aliphatic hydroxyl groups is 1. The quantitative estimate of drug-likeness (QED) is 0.158. The third-order valence-electron chi connectivity index (χ3n) is 1.71. The Hall–Kier alpha value is -1.79. The number of hydrogen-bond donors (Lipinski definition) is 4. The second-order valence-corrected chi connectivity index (χ2v) is 2.95. The Balaban J connectivity index is 5.02. The molecule has 0 fully saturated rings. The number of amidine groups is 1. The molecule has 0 aromatic rings. The minimum absolute atomic E-state index is 0.104. The summed E-state index contributed by atoms with van der Waals surface area (Å²) in [4.78, 5) is 0. The monoisotopic (exact) mass is 225 g/mol. The van der Waals surface area contributed by atoms with Crippen molar-refractivity contribution in [2.24, 2.45) is 22.4 Å². The van der Waals surface area contributed by atoms with Crippen molar-refractivity contribution in [3.63, 3.8) is 0 Å². The zero-order valence-electron chi connectivity index (χ0n) is 9.43. The van der Waals surface area contributed by atoms with Crippen molar-refractivity contribution in [3.05, 3.63) is 36.1 Å². The van der Waals surface area contributed by atoms with E-state index in [1.807, 2.05) is 6.92 Å². The average molecular weight is 225 g/mol. The van der Waals surface area contributed by atoms with Crippen LogP contribution < -0.4 is 17.3 Å². The smallest absolute Gasteiger partial charge is 0.154 e. The van der Waals surface area contributed by atoms with Crippen molar-refractivity contribution in [1.29, 1.82) is 0 Å². The van der Waals surface area contributed by atoms with Gasteiger partial charge in [-0.25, -0.2) is 11.0 Å². The molecule has 16 heavy (non-hydrogen) atoms. The number of allylic oxidation sites excluding steroid dienone is 2. The lowest BCUT2D eigenvalue weighted by molar-refractivity contribution is 0.204. The van der Waals surface area contributed by atoms with Crippen molar-refractivity contribution in [3.8, 4) is 0 Å². The first-order valence-electron chi connectivity index (χ1n) is 4.79. The number of rotatable bonds is 6. The van der Waals surface area contributed by atoms with Crippen LogP contribution in [0.4, 0.5) is 0 Å². The molecule has 0 rings (SSSR count). The molecule has 0 aliphatic carbocycles. The number of nitrogens with two attached hydrogens (primary N) is 3. The molecule has 0 aromatic carbocycles. The van der Waals surface area contributed by atoms with Gasteiger partial charge >= 0.3 is 0 Å². The van der Waals surface area contributed by atoms with Crippen molar-refractivity contribution in [1.82, 2.24) is 5.12 Å². The van der Waals surface area contributed by atoms with E-state index in [2.05, 4.69) is 11.7 Å². The van der Waals surface area contributed by atoms with Gasteiger partial charge in [0.2, 0.25) is 0 Å². The molecule has 0 spiro atoms. The first-order chi connectivity index (χ1) is 7.56. The third kappa shape index (κ3) is 4.63. The van der Waals surface area contributed by atoms with Gasteiger partial charge in [-0.3, -0.25) is 0 Å². The van der Waals surface area contributed by atoms with Crippen LogP contribution in [-0.2, 0) is 0 Å². The molecule has 90 valence electrons. The van der Waals surface area contributed by atoms with Gasteiger partial charge in [-0.05, 0) is 13.0 Å². The van der Waals surface area contributed by atoms with E-state index in [9.17, 15) is 0 Å². The fourth-order valence-electron chi connectivity index (χ4n) is 0.951. The van der Waals surface area contributed by atoms with Crippen LogP contribution in [0.2, 0.25) is 0 Å². The first-order valence-corrected chi connectivity index (χ1v) is 4.79.